The van der Waals surface area contributed by atoms with Crippen molar-refractivity contribution >= 4 is 11.7 Å². The number of carbonyl (C=O) groups is 1. The van der Waals surface area contributed by atoms with Crippen LogP contribution in [0.4, 0.5) is 10.2 Å². The van der Waals surface area contributed by atoms with Crippen molar-refractivity contribution in [3.8, 4) is 0 Å². The number of hydrogen-bond acceptors (Lipinski definition) is 4. The predicted molar refractivity (Wildman–Crippen MR) is 76.2 cm³/mol. The number of aliphatic hydroxyl groups excluding tert-OH is 1. The first-order chi connectivity index (χ1) is 9.33. The lowest BCUT2D eigenvalue weighted by atomic mass is 10.0. The molecule has 0 aliphatic rings. The van der Waals surface area contributed by atoms with Crippen LogP contribution in [0.15, 0.2) is 12.3 Å². The predicted octanol–water partition coefficient (Wildman–Crippen LogP) is 1.89. The summed E-state index contributed by atoms with van der Waals surface area (Å²) in [6, 6.07) is 1.16. The van der Waals surface area contributed by atoms with Crippen molar-refractivity contribution < 1.29 is 14.3 Å². The molecule has 1 amide bonds. The summed E-state index contributed by atoms with van der Waals surface area (Å²) in [7, 11) is 1.58. The second-order valence-corrected chi connectivity index (χ2v) is 5.31. The Morgan fingerprint density at radius 1 is 1.55 bits per heavy atom. The topological polar surface area (TPSA) is 65.5 Å². The fraction of sp³-hybridized carbons (Fsp3) is 0.571. The van der Waals surface area contributed by atoms with Crippen molar-refractivity contribution in [3.63, 3.8) is 0 Å². The minimum atomic E-state index is -0.731. The van der Waals surface area contributed by atoms with Gasteiger partial charge in [0.1, 0.15) is 11.6 Å². The van der Waals surface area contributed by atoms with E-state index in [-0.39, 0.29) is 18.1 Å². The van der Waals surface area contributed by atoms with Gasteiger partial charge in [-0.25, -0.2) is 9.37 Å². The molecular formula is C14H22FN3O2. The summed E-state index contributed by atoms with van der Waals surface area (Å²) in [5.41, 5.74) is -0.562. The van der Waals surface area contributed by atoms with Gasteiger partial charge in [-0.05, 0) is 26.3 Å². The van der Waals surface area contributed by atoms with E-state index in [2.05, 4.69) is 10.3 Å². The molecule has 1 aromatic heterocycles. The minimum Gasteiger partial charge on any atom is -0.394 e. The number of anilines is 1. The van der Waals surface area contributed by atoms with Crippen LogP contribution in [0, 0.1) is 5.82 Å². The van der Waals surface area contributed by atoms with Crippen LogP contribution in [0.5, 0.6) is 0 Å². The highest BCUT2D eigenvalue weighted by Gasteiger charge is 2.29. The molecule has 0 saturated carbocycles. The van der Waals surface area contributed by atoms with Gasteiger partial charge >= 0.3 is 0 Å². The van der Waals surface area contributed by atoms with E-state index in [1.54, 1.807) is 20.9 Å². The van der Waals surface area contributed by atoms with E-state index in [1.165, 1.54) is 4.90 Å². The average molecular weight is 283 g/mol. The van der Waals surface area contributed by atoms with Crippen molar-refractivity contribution in [2.45, 2.75) is 32.7 Å². The summed E-state index contributed by atoms with van der Waals surface area (Å²) in [5.74, 6) is -0.584. The third-order valence-electron chi connectivity index (χ3n) is 3.23. The molecule has 6 heteroatoms. The molecule has 20 heavy (non-hydrogen) atoms. The van der Waals surface area contributed by atoms with Gasteiger partial charge in [0.25, 0.3) is 5.91 Å². The van der Waals surface area contributed by atoms with Crippen molar-refractivity contribution in [2.75, 3.05) is 25.5 Å². The van der Waals surface area contributed by atoms with E-state index < -0.39 is 11.4 Å². The number of carbonyl (C=O) groups excluding carboxylic acids is 1. The van der Waals surface area contributed by atoms with Crippen LogP contribution in [0.3, 0.4) is 0 Å². The standard InChI is InChI=1S/C14H22FN3O2/c1-5-6-16-12-11(7-10(15)8-17-12)13(20)18(4)14(2,3)9-19/h7-8,19H,5-6,9H2,1-4H3,(H,16,17). The number of likely N-dealkylation sites (N-methyl/N-ethyl adjacent to an activating group) is 1. The van der Waals surface area contributed by atoms with E-state index in [4.69, 9.17) is 0 Å². The third-order valence-corrected chi connectivity index (χ3v) is 3.23. The number of amides is 1. The van der Waals surface area contributed by atoms with E-state index >= 15 is 0 Å². The number of halogens is 1. The molecule has 0 unspecified atom stereocenters. The first-order valence-corrected chi connectivity index (χ1v) is 6.62. The maximum absolute atomic E-state index is 13.4. The molecular weight excluding hydrogens is 261 g/mol. The fourth-order valence-electron chi connectivity index (χ4n) is 1.55. The molecule has 1 aromatic rings. The Labute approximate surface area is 118 Å². The summed E-state index contributed by atoms with van der Waals surface area (Å²) in [4.78, 5) is 17.8. The summed E-state index contributed by atoms with van der Waals surface area (Å²) < 4.78 is 13.4. The van der Waals surface area contributed by atoms with Crippen molar-refractivity contribution in [1.82, 2.24) is 9.88 Å². The molecule has 0 saturated heterocycles. The summed E-state index contributed by atoms with van der Waals surface area (Å²) >= 11 is 0. The molecule has 0 aliphatic carbocycles. The zero-order valence-corrected chi connectivity index (χ0v) is 12.4. The highest BCUT2D eigenvalue weighted by atomic mass is 19.1. The third kappa shape index (κ3) is 3.66. The average Bonchev–Trinajstić information content (AvgIpc) is 2.44. The summed E-state index contributed by atoms with van der Waals surface area (Å²) in [6.07, 6.45) is 1.94. The van der Waals surface area contributed by atoms with Gasteiger partial charge in [0.15, 0.2) is 0 Å². The number of nitrogens with one attached hydrogen (secondary N) is 1. The maximum Gasteiger partial charge on any atom is 0.257 e. The molecule has 112 valence electrons. The molecule has 0 atom stereocenters. The van der Waals surface area contributed by atoms with Gasteiger partial charge in [0, 0.05) is 13.6 Å². The van der Waals surface area contributed by atoms with Gasteiger partial charge in [-0.2, -0.15) is 0 Å². The molecule has 1 rings (SSSR count). The Balaban J connectivity index is 3.10. The minimum absolute atomic E-state index is 0.169. The molecule has 1 heterocycles. The van der Waals surface area contributed by atoms with Crippen molar-refractivity contribution in [1.29, 1.82) is 0 Å². The van der Waals surface area contributed by atoms with Crippen LogP contribution in [-0.2, 0) is 0 Å². The highest BCUT2D eigenvalue weighted by Crippen LogP contribution is 2.20. The van der Waals surface area contributed by atoms with E-state index in [0.717, 1.165) is 18.7 Å². The van der Waals surface area contributed by atoms with E-state index in [9.17, 15) is 14.3 Å². The van der Waals surface area contributed by atoms with Gasteiger partial charge in [0.05, 0.1) is 23.9 Å². The van der Waals surface area contributed by atoms with Crippen LogP contribution >= 0.6 is 0 Å². The van der Waals surface area contributed by atoms with Crippen LogP contribution in [0.2, 0.25) is 0 Å². The molecule has 5 nitrogen and oxygen atoms in total. The Bertz CT molecular complexity index is 477. The molecule has 0 bridgehead atoms. The largest absolute Gasteiger partial charge is 0.394 e. The van der Waals surface area contributed by atoms with E-state index in [0.29, 0.717) is 12.4 Å². The molecule has 0 spiro atoms. The highest BCUT2D eigenvalue weighted by molar-refractivity contribution is 5.99. The van der Waals surface area contributed by atoms with Gasteiger partial charge in [-0.15, -0.1) is 0 Å². The number of hydrogen-bond donors (Lipinski definition) is 2. The zero-order chi connectivity index (χ0) is 15.3. The number of aliphatic hydroxyl groups is 1. The SMILES string of the molecule is CCCNc1ncc(F)cc1C(=O)N(C)C(C)(C)CO. The second kappa shape index (κ2) is 6.65. The fourth-order valence-corrected chi connectivity index (χ4v) is 1.55. The summed E-state index contributed by atoms with van der Waals surface area (Å²) in [6.45, 7) is 5.91. The molecule has 2 N–H and O–H groups in total. The van der Waals surface area contributed by atoms with Gasteiger partial charge in [-0.1, -0.05) is 6.92 Å². The molecule has 0 fully saturated rings. The second-order valence-electron chi connectivity index (χ2n) is 5.31. The monoisotopic (exact) mass is 283 g/mol. The van der Waals surface area contributed by atoms with Crippen LogP contribution in [0.1, 0.15) is 37.6 Å². The maximum atomic E-state index is 13.4. The quantitative estimate of drug-likeness (QED) is 0.836. The number of pyridine rings is 1. The van der Waals surface area contributed by atoms with E-state index in [1.807, 2.05) is 6.92 Å². The van der Waals surface area contributed by atoms with Gasteiger partial charge in [0.2, 0.25) is 0 Å². The van der Waals surface area contributed by atoms with Crippen LogP contribution in [0.25, 0.3) is 0 Å². The first-order valence-electron chi connectivity index (χ1n) is 6.62. The number of aromatic nitrogens is 1. The molecule has 0 aliphatic heterocycles. The Morgan fingerprint density at radius 2 is 2.20 bits per heavy atom. The van der Waals surface area contributed by atoms with Crippen molar-refractivity contribution in [2.24, 2.45) is 0 Å². The lowest BCUT2D eigenvalue weighted by molar-refractivity contribution is 0.0473. The Kier molecular flexibility index (Phi) is 5.44. The number of rotatable bonds is 6. The van der Waals surface area contributed by atoms with Crippen LogP contribution < -0.4 is 5.32 Å². The zero-order valence-electron chi connectivity index (χ0n) is 12.4. The molecule has 0 radical (unpaired) electrons. The first kappa shape index (κ1) is 16.4. The van der Waals surface area contributed by atoms with Crippen LogP contribution in [-0.4, -0.2) is 46.6 Å². The summed E-state index contributed by atoms with van der Waals surface area (Å²) in [5, 5.41) is 12.3. The smallest absolute Gasteiger partial charge is 0.257 e. The normalized spacial score (nSPS) is 11.3. The van der Waals surface area contributed by atoms with Crippen molar-refractivity contribution in [3.05, 3.63) is 23.6 Å². The Morgan fingerprint density at radius 3 is 2.75 bits per heavy atom. The lowest BCUT2D eigenvalue weighted by Crippen LogP contribution is -2.47. The van der Waals surface area contributed by atoms with Gasteiger partial charge in [-0.3, -0.25) is 4.79 Å². The Hall–Kier alpha value is -1.69. The molecule has 0 aromatic carbocycles. The van der Waals surface area contributed by atoms with Gasteiger partial charge < -0.3 is 15.3 Å². The lowest BCUT2D eigenvalue weighted by Gasteiger charge is -2.34. The number of nitrogens with zero attached hydrogens (tertiary/aromatic N) is 2.